The number of aromatic nitrogens is 4. The van der Waals surface area contributed by atoms with E-state index in [1.165, 1.54) is 29.2 Å². The second-order valence-corrected chi connectivity index (χ2v) is 19.9. The van der Waals surface area contributed by atoms with Crippen molar-refractivity contribution in [1.29, 1.82) is 0 Å². The molecule has 2 heterocycles. The van der Waals surface area contributed by atoms with Crippen molar-refractivity contribution in [2.45, 2.75) is 123 Å². The third-order valence-corrected chi connectivity index (χ3v) is 13.5. The molecule has 433 valence electrons. The minimum absolute atomic E-state index is 0. The van der Waals surface area contributed by atoms with Gasteiger partial charge in [-0.25, -0.2) is 39.3 Å². The number of hydrogen-bond acceptors (Lipinski definition) is 18. The van der Waals surface area contributed by atoms with E-state index in [9.17, 15) is 29.3 Å². The molecule has 0 spiro atoms. The maximum Gasteiger partial charge on any atom is 1.00 e. The molecule has 4 aliphatic rings. The van der Waals surface area contributed by atoms with Gasteiger partial charge in [0.05, 0.1) is 38.8 Å². The summed E-state index contributed by atoms with van der Waals surface area (Å²) in [5.41, 5.74) is 22.7. The third-order valence-electron chi connectivity index (χ3n) is 13.0. The first-order valence-corrected chi connectivity index (χ1v) is 26.7. The number of anilines is 3. The van der Waals surface area contributed by atoms with Crippen molar-refractivity contribution in [2.75, 3.05) is 16.4 Å². The van der Waals surface area contributed by atoms with Crippen LogP contribution in [-0.4, -0.2) is 81.3 Å². The largest absolute Gasteiger partial charge is 1.00 e. The fraction of sp³-hybridized carbons (Fsp3) is 0.322. The van der Waals surface area contributed by atoms with E-state index in [1.54, 1.807) is 48.8 Å². The van der Waals surface area contributed by atoms with Crippen LogP contribution >= 0.6 is 35.6 Å². The zero-order valence-corrected chi connectivity index (χ0v) is 50.3. The third kappa shape index (κ3) is 22.7. The van der Waals surface area contributed by atoms with Crippen LogP contribution in [0.5, 0.6) is 0 Å². The first-order chi connectivity index (χ1) is 38.5. The van der Waals surface area contributed by atoms with Gasteiger partial charge in [-0.2, -0.15) is 0 Å². The number of nitrogens with two attached hydrogens (primary N) is 2. The number of nitro groups is 1. The quantitative estimate of drug-likeness (QED) is 0.0204. The Labute approximate surface area is 523 Å². The Morgan fingerprint density at radius 3 is 1.61 bits per heavy atom. The number of nitrogen functional groups attached to an aromatic ring is 1. The Bertz CT molecular complexity index is 3150. The molecule has 0 bridgehead atoms. The molecular weight excluding hydrogens is 1130 g/mol. The standard InChI is InChI=1S/C26H26ClN5O2.C19H21ClN4.C7H7NO.C4H6O4.C2H3BO2.CH4.ClH.Na/c27-24-16-29-26(31-25(24)23-13-10-18-4-1-2-7-22(18)23)30-20-6-3-5-19(14-20)28-15-17-8-11-21(12-9-17)32(33)34;20-17-11-22-19(23-14-6-3-5-13(21)10-14)24-18(17)16-9-8-12-4-1-2-7-15(12)16;8-7-3-1-6(5-9)2-4-7;1-3(5)7-8-4(2)6;1-2(4)5-3;;;/h1-2,4,7-9,11-13,16,19-20,28H,3,5-6,10,14-15H2,(H,29,30,31);1-2,4,7,9,11,13-14H,3,5-6,8,10,21H2,(H,22,23,24);1-5H,8H2;1-2H3;1H3;1H4;1H;/q;;;;-1;;;+1/t19-,20+;13-,14+;;;;;;/m00....../s1. The molecule has 2 saturated carbocycles. The van der Waals surface area contributed by atoms with Gasteiger partial charge in [0.25, 0.3) is 5.69 Å². The van der Waals surface area contributed by atoms with Crippen molar-refractivity contribution < 1.29 is 68.1 Å². The van der Waals surface area contributed by atoms with Crippen LogP contribution in [0.25, 0.3) is 11.1 Å². The summed E-state index contributed by atoms with van der Waals surface area (Å²) in [6.07, 6.45) is 18.9. The van der Waals surface area contributed by atoms with Crippen molar-refractivity contribution in [1.82, 2.24) is 25.3 Å². The van der Waals surface area contributed by atoms with E-state index in [0.717, 1.165) is 112 Å². The number of aldehydes is 1. The van der Waals surface area contributed by atoms with Gasteiger partial charge >= 0.3 is 41.5 Å². The number of fused-ring (bicyclic) bond motifs is 2. The molecule has 19 nitrogen and oxygen atoms in total. The number of hydrogen-bond donors (Lipinski definition) is 5. The summed E-state index contributed by atoms with van der Waals surface area (Å²) in [6, 6.07) is 31.5. The number of carbonyl (C=O) groups excluding carboxylic acids is 4. The molecule has 4 aromatic carbocycles. The molecule has 2 fully saturated rings. The van der Waals surface area contributed by atoms with Crippen LogP contribution in [0, 0.1) is 10.1 Å². The van der Waals surface area contributed by atoms with Crippen molar-refractivity contribution in [3.63, 3.8) is 0 Å². The normalized spacial score (nSPS) is 16.7. The molecule has 3 radical (unpaired) electrons. The molecule has 0 unspecified atom stereocenters. The van der Waals surface area contributed by atoms with Crippen LogP contribution in [0.4, 0.5) is 23.3 Å². The van der Waals surface area contributed by atoms with Crippen LogP contribution < -0.4 is 57.0 Å². The summed E-state index contributed by atoms with van der Waals surface area (Å²) in [5, 5.41) is 22.5. The first kappa shape index (κ1) is 70.5. The maximum absolute atomic E-state index is 10.8. The van der Waals surface area contributed by atoms with Gasteiger partial charge in [0, 0.05) is 86.0 Å². The molecule has 83 heavy (non-hydrogen) atoms. The van der Waals surface area contributed by atoms with Gasteiger partial charge in [-0.15, -0.1) is 12.4 Å². The average molecular weight is 1200 g/mol. The summed E-state index contributed by atoms with van der Waals surface area (Å²) in [4.78, 5) is 75.6. The van der Waals surface area contributed by atoms with Gasteiger partial charge in [0.2, 0.25) is 17.9 Å². The number of nitro benzene ring substituents is 1. The molecule has 0 aliphatic heterocycles. The summed E-state index contributed by atoms with van der Waals surface area (Å²) >= 11 is 12.9. The Balaban J connectivity index is 0.000000319. The second kappa shape index (κ2) is 36.1. The van der Waals surface area contributed by atoms with E-state index in [-0.39, 0.29) is 72.1 Å². The van der Waals surface area contributed by atoms with Gasteiger partial charge in [0.15, 0.2) is 0 Å². The van der Waals surface area contributed by atoms with E-state index in [2.05, 4.69) is 103 Å². The van der Waals surface area contributed by atoms with Crippen molar-refractivity contribution in [3.05, 3.63) is 187 Å². The van der Waals surface area contributed by atoms with Crippen LogP contribution in [-0.2, 0) is 48.2 Å². The van der Waals surface area contributed by atoms with Crippen molar-refractivity contribution in [3.8, 4) is 0 Å². The van der Waals surface area contributed by atoms with E-state index < -0.39 is 17.9 Å². The van der Waals surface area contributed by atoms with Crippen molar-refractivity contribution >= 4 is 102 Å². The number of nitrogens with zero attached hydrogens (tertiary/aromatic N) is 5. The topological polar surface area (TPSA) is 279 Å². The fourth-order valence-corrected chi connectivity index (χ4v) is 9.57. The van der Waals surface area contributed by atoms with Crippen LogP contribution in [0.1, 0.15) is 129 Å². The Morgan fingerprint density at radius 2 is 1.17 bits per heavy atom. The smallest absolute Gasteiger partial charge is 0.793 e. The van der Waals surface area contributed by atoms with Crippen LogP contribution in [0.15, 0.2) is 122 Å². The minimum Gasteiger partial charge on any atom is -0.793 e. The molecule has 10 rings (SSSR count). The summed E-state index contributed by atoms with van der Waals surface area (Å²) in [6.45, 7) is 4.20. The van der Waals surface area contributed by atoms with E-state index in [0.29, 0.717) is 51.8 Å². The summed E-state index contributed by atoms with van der Waals surface area (Å²) in [7, 11) is 4.32. The molecule has 24 heteroatoms. The SMILES string of the molecule is C.CC(=O)OOC(C)=O.Cl.N[C@H]1CCC[C@@H](Nc2ncc(Cl)c(C3=CCc4ccccc43)n2)C1.Nc1ccc(C=O)cc1.O=[N+]([O-])c1ccc(CN[C@H]2CCC[C@@H](Nc3ncc(Cl)c(C4=CCc5ccccc54)n3)C2)cc1.[B-]OC(C)=O.[Na+]. The van der Waals surface area contributed by atoms with Gasteiger partial charge in [-0.3, -0.25) is 19.7 Å². The first-order valence-electron chi connectivity index (χ1n) is 25.9. The summed E-state index contributed by atoms with van der Waals surface area (Å²) in [5.74, 6) is -0.505. The van der Waals surface area contributed by atoms with Gasteiger partial charge in [-0.05, 0) is 116 Å². The summed E-state index contributed by atoms with van der Waals surface area (Å²) < 4.78 is 3.61. The number of carbonyl (C=O) groups is 4. The molecule has 0 saturated heterocycles. The number of non-ortho nitro benzene ring substituents is 1. The molecule has 2 aromatic heterocycles. The number of allylic oxidation sites excluding steroid dienone is 2. The number of nitrogens with one attached hydrogen (secondary N) is 3. The zero-order chi connectivity index (χ0) is 57.6. The van der Waals surface area contributed by atoms with E-state index >= 15 is 0 Å². The Kier molecular flexibility index (Phi) is 30.6. The molecular formula is C59H68BCl3N10NaO9. The second-order valence-electron chi connectivity index (χ2n) is 19.1. The molecule has 4 aliphatic carbocycles. The maximum atomic E-state index is 10.8. The predicted octanol–water partition coefficient (Wildman–Crippen LogP) is 8.14. The van der Waals surface area contributed by atoms with E-state index in [4.69, 9.17) is 44.6 Å². The average Bonchev–Trinajstić information content (AvgIpc) is 4.33. The molecule has 7 N–H and O–H groups in total. The Morgan fingerprint density at radius 1 is 0.711 bits per heavy atom. The fourth-order valence-electron chi connectivity index (χ4n) is 9.19. The molecule has 4 atom stereocenters. The van der Waals surface area contributed by atoms with Gasteiger partial charge in [0.1, 0.15) is 6.29 Å². The van der Waals surface area contributed by atoms with E-state index in [1.807, 2.05) is 18.2 Å². The zero-order valence-electron chi connectivity index (χ0n) is 46.0. The monoisotopic (exact) mass is 1200 g/mol. The van der Waals surface area contributed by atoms with Crippen LogP contribution in [0.3, 0.4) is 0 Å². The number of rotatable bonds is 11. The molecule has 0 amide bonds. The molecule has 6 aromatic rings. The Hall–Kier alpha value is -6.75. The van der Waals surface area contributed by atoms with Gasteiger partial charge < -0.3 is 40.1 Å². The van der Waals surface area contributed by atoms with Crippen LogP contribution in [0.2, 0.25) is 10.0 Å². The minimum atomic E-state index is -0.639. The number of benzene rings is 4. The number of halogens is 3. The van der Waals surface area contributed by atoms with Gasteiger partial charge in [-0.1, -0.05) is 103 Å². The predicted molar refractivity (Wildman–Crippen MR) is 323 cm³/mol. The van der Waals surface area contributed by atoms with Crippen molar-refractivity contribution in [2.24, 2.45) is 5.73 Å².